The number of benzene rings is 2. The number of fused-ring (bicyclic) bond motifs is 2. The van der Waals surface area contributed by atoms with Gasteiger partial charge in [0.25, 0.3) is 5.91 Å². The molecule has 2 aromatic carbocycles. The maximum atomic E-state index is 12.3. The molecule has 1 aliphatic rings. The van der Waals surface area contributed by atoms with Crippen LogP contribution in [0.4, 0.5) is 5.69 Å². The molecule has 1 amide bonds. The van der Waals surface area contributed by atoms with E-state index in [1.165, 1.54) is 4.70 Å². The molecule has 6 heteroatoms. The molecule has 0 saturated heterocycles. The summed E-state index contributed by atoms with van der Waals surface area (Å²) in [6, 6.07) is 12.9. The number of ether oxygens (including phenoxy) is 2. The van der Waals surface area contributed by atoms with E-state index in [0.29, 0.717) is 17.0 Å². The van der Waals surface area contributed by atoms with Crippen LogP contribution in [0.25, 0.3) is 10.1 Å². The van der Waals surface area contributed by atoms with Gasteiger partial charge in [0.15, 0.2) is 6.61 Å². The van der Waals surface area contributed by atoms with Gasteiger partial charge >= 0.3 is 5.97 Å². The van der Waals surface area contributed by atoms with E-state index in [-0.39, 0.29) is 19.1 Å². The number of esters is 1. The third-order valence-electron chi connectivity index (χ3n) is 3.77. The summed E-state index contributed by atoms with van der Waals surface area (Å²) in [5, 5.41) is 5.79. The minimum Gasteiger partial charge on any atom is -0.482 e. The van der Waals surface area contributed by atoms with Crippen LogP contribution in [0.2, 0.25) is 0 Å². The number of rotatable bonds is 3. The summed E-state index contributed by atoms with van der Waals surface area (Å²) >= 11 is 1.63. The van der Waals surface area contributed by atoms with Crippen molar-refractivity contribution in [2.45, 2.75) is 6.61 Å². The first kappa shape index (κ1) is 14.7. The number of anilines is 1. The van der Waals surface area contributed by atoms with Crippen molar-refractivity contribution < 1.29 is 19.1 Å². The predicted octanol–water partition coefficient (Wildman–Crippen LogP) is 3.59. The van der Waals surface area contributed by atoms with Crippen LogP contribution in [-0.4, -0.2) is 18.5 Å². The molecule has 0 bridgehead atoms. The summed E-state index contributed by atoms with van der Waals surface area (Å²) in [6.45, 7) is 0.171. The average Bonchev–Trinajstić information content (AvgIpc) is 3.02. The summed E-state index contributed by atoms with van der Waals surface area (Å²) in [6.07, 6.45) is 0. The molecule has 120 valence electrons. The highest BCUT2D eigenvalue weighted by molar-refractivity contribution is 7.17. The molecule has 5 nitrogen and oxygen atoms in total. The maximum absolute atomic E-state index is 12.3. The molecular formula is C18H13NO4S. The monoisotopic (exact) mass is 339 g/mol. The van der Waals surface area contributed by atoms with Crippen molar-refractivity contribution in [2.24, 2.45) is 0 Å². The van der Waals surface area contributed by atoms with Crippen LogP contribution in [0, 0.1) is 0 Å². The van der Waals surface area contributed by atoms with Crippen LogP contribution in [0.3, 0.4) is 0 Å². The van der Waals surface area contributed by atoms with Crippen LogP contribution in [0.1, 0.15) is 15.9 Å². The molecule has 0 spiro atoms. The van der Waals surface area contributed by atoms with E-state index >= 15 is 0 Å². The Hall–Kier alpha value is -2.86. The Balaban J connectivity index is 1.49. The summed E-state index contributed by atoms with van der Waals surface area (Å²) < 4.78 is 11.9. The average molecular weight is 339 g/mol. The molecule has 0 atom stereocenters. The Bertz CT molecular complexity index is 947. The lowest BCUT2D eigenvalue weighted by molar-refractivity contribution is -0.118. The number of carbonyl (C=O) groups excluding carboxylic acids is 2. The first-order valence-corrected chi connectivity index (χ1v) is 8.27. The SMILES string of the molecule is O=C1COc2cc(C(=O)OCc3csc4ccccc34)ccc2N1. The topological polar surface area (TPSA) is 64.6 Å². The number of nitrogens with one attached hydrogen (secondary N) is 1. The Morgan fingerprint density at radius 3 is 3.04 bits per heavy atom. The van der Waals surface area contributed by atoms with E-state index < -0.39 is 5.97 Å². The Morgan fingerprint density at radius 1 is 1.25 bits per heavy atom. The van der Waals surface area contributed by atoms with E-state index in [1.807, 2.05) is 29.6 Å². The van der Waals surface area contributed by atoms with Gasteiger partial charge in [-0.05, 0) is 35.0 Å². The zero-order valence-corrected chi connectivity index (χ0v) is 13.4. The van der Waals surface area contributed by atoms with E-state index in [4.69, 9.17) is 9.47 Å². The lowest BCUT2D eigenvalue weighted by Crippen LogP contribution is -2.25. The molecule has 1 aliphatic heterocycles. The zero-order chi connectivity index (χ0) is 16.5. The summed E-state index contributed by atoms with van der Waals surface area (Å²) in [5.74, 6) is -0.152. The second-order valence-corrected chi connectivity index (χ2v) is 6.29. The summed E-state index contributed by atoms with van der Waals surface area (Å²) in [5.41, 5.74) is 1.95. The number of thiophene rings is 1. The van der Waals surface area contributed by atoms with Crippen LogP contribution >= 0.6 is 11.3 Å². The van der Waals surface area contributed by atoms with Crippen molar-refractivity contribution in [1.82, 2.24) is 0 Å². The highest BCUT2D eigenvalue weighted by atomic mass is 32.1. The number of carbonyl (C=O) groups is 2. The van der Waals surface area contributed by atoms with E-state index in [2.05, 4.69) is 5.32 Å². The molecule has 0 radical (unpaired) electrons. The molecule has 3 aromatic rings. The Morgan fingerprint density at radius 2 is 2.12 bits per heavy atom. The first-order chi connectivity index (χ1) is 11.7. The van der Waals surface area contributed by atoms with E-state index in [1.54, 1.807) is 29.5 Å². The molecule has 0 aliphatic carbocycles. The molecule has 2 heterocycles. The Kier molecular flexibility index (Phi) is 3.66. The van der Waals surface area contributed by atoms with Crippen LogP contribution in [-0.2, 0) is 16.1 Å². The quantitative estimate of drug-likeness (QED) is 0.741. The van der Waals surface area contributed by atoms with Crippen molar-refractivity contribution in [3.63, 3.8) is 0 Å². The second kappa shape index (κ2) is 5.98. The van der Waals surface area contributed by atoms with Gasteiger partial charge in [0.2, 0.25) is 0 Å². The molecule has 24 heavy (non-hydrogen) atoms. The van der Waals surface area contributed by atoms with Crippen LogP contribution < -0.4 is 10.1 Å². The lowest BCUT2D eigenvalue weighted by atomic mass is 10.1. The van der Waals surface area contributed by atoms with Gasteiger partial charge in [0.1, 0.15) is 12.4 Å². The molecular weight excluding hydrogens is 326 g/mol. The molecule has 4 rings (SSSR count). The number of hydrogen-bond acceptors (Lipinski definition) is 5. The number of amides is 1. The minimum absolute atomic E-state index is 0.0492. The van der Waals surface area contributed by atoms with Crippen molar-refractivity contribution in [2.75, 3.05) is 11.9 Å². The van der Waals surface area contributed by atoms with Crippen molar-refractivity contribution in [3.05, 3.63) is 59.0 Å². The zero-order valence-electron chi connectivity index (χ0n) is 12.6. The van der Waals surface area contributed by atoms with Crippen molar-refractivity contribution in [1.29, 1.82) is 0 Å². The lowest BCUT2D eigenvalue weighted by Gasteiger charge is -2.18. The molecule has 0 unspecified atom stereocenters. The maximum Gasteiger partial charge on any atom is 0.338 e. The first-order valence-electron chi connectivity index (χ1n) is 7.39. The molecule has 0 fully saturated rings. The highest BCUT2D eigenvalue weighted by Crippen LogP contribution is 2.29. The minimum atomic E-state index is -0.423. The highest BCUT2D eigenvalue weighted by Gasteiger charge is 2.18. The normalized spacial score (nSPS) is 13.1. The van der Waals surface area contributed by atoms with Crippen LogP contribution in [0.15, 0.2) is 47.8 Å². The van der Waals surface area contributed by atoms with Gasteiger partial charge < -0.3 is 14.8 Å². The van der Waals surface area contributed by atoms with Gasteiger partial charge in [-0.15, -0.1) is 11.3 Å². The van der Waals surface area contributed by atoms with Crippen molar-refractivity contribution >= 4 is 39.0 Å². The second-order valence-electron chi connectivity index (χ2n) is 5.38. The van der Waals surface area contributed by atoms with Gasteiger partial charge in [0.05, 0.1) is 11.3 Å². The van der Waals surface area contributed by atoms with Gasteiger partial charge in [-0.3, -0.25) is 4.79 Å². The fourth-order valence-corrected chi connectivity index (χ4v) is 3.52. The Labute approximate surface area is 141 Å². The van der Waals surface area contributed by atoms with Gasteiger partial charge in [-0.1, -0.05) is 18.2 Å². The van der Waals surface area contributed by atoms with Gasteiger partial charge in [-0.2, -0.15) is 0 Å². The molecule has 1 aromatic heterocycles. The largest absolute Gasteiger partial charge is 0.482 e. The molecule has 1 N–H and O–H groups in total. The van der Waals surface area contributed by atoms with Gasteiger partial charge in [0, 0.05) is 10.3 Å². The number of hydrogen-bond donors (Lipinski definition) is 1. The van der Waals surface area contributed by atoms with Crippen molar-refractivity contribution in [3.8, 4) is 5.75 Å². The third kappa shape index (κ3) is 2.72. The van der Waals surface area contributed by atoms with E-state index in [0.717, 1.165) is 10.9 Å². The summed E-state index contributed by atoms with van der Waals surface area (Å²) in [7, 11) is 0. The standard InChI is InChI=1S/C18H13NO4S/c20-17-9-22-15-7-11(5-6-14(15)19-17)18(21)23-8-12-10-24-16-4-2-1-3-13(12)16/h1-7,10H,8-9H2,(H,19,20). The fraction of sp³-hybridized carbons (Fsp3) is 0.111. The summed E-state index contributed by atoms with van der Waals surface area (Å²) in [4.78, 5) is 23.5. The fourth-order valence-electron chi connectivity index (χ4n) is 2.57. The van der Waals surface area contributed by atoms with Gasteiger partial charge in [-0.25, -0.2) is 4.79 Å². The van der Waals surface area contributed by atoms with Crippen LogP contribution in [0.5, 0.6) is 5.75 Å². The molecule has 0 saturated carbocycles. The predicted molar refractivity (Wildman–Crippen MR) is 91.5 cm³/mol. The van der Waals surface area contributed by atoms with E-state index in [9.17, 15) is 9.59 Å². The smallest absolute Gasteiger partial charge is 0.338 e. The third-order valence-corrected chi connectivity index (χ3v) is 4.78.